The molecule has 2 atom stereocenters. The predicted octanol–water partition coefficient (Wildman–Crippen LogP) is 1.36. The van der Waals surface area contributed by atoms with Gasteiger partial charge < -0.3 is 31.2 Å². The Balaban J connectivity index is 1.44. The Labute approximate surface area is 184 Å². The summed E-state index contributed by atoms with van der Waals surface area (Å²) in [5, 5.41) is 15.9. The first-order valence-electron chi connectivity index (χ1n) is 10.2. The molecule has 0 radical (unpaired) electrons. The number of nitrogens with two attached hydrogens (primary N) is 1. The Hall–Kier alpha value is -3.85. The second kappa shape index (κ2) is 11.0. The van der Waals surface area contributed by atoms with Gasteiger partial charge in [-0.05, 0) is 17.2 Å². The number of aromatic amines is 1. The third kappa shape index (κ3) is 6.58. The molecule has 0 saturated heterocycles. The number of hydrogen-bond acceptors (Lipinski definition) is 5. The summed E-state index contributed by atoms with van der Waals surface area (Å²) in [5.74, 6) is -1.23. The molecular formula is C23H26N4O5. The fourth-order valence-corrected chi connectivity index (χ4v) is 3.26. The summed E-state index contributed by atoms with van der Waals surface area (Å²) in [6.07, 6.45) is -0.183. The number of fused-ring (bicyclic) bond motifs is 1. The number of hydrogen-bond donors (Lipinski definition) is 5. The second-order valence-electron chi connectivity index (χ2n) is 7.39. The van der Waals surface area contributed by atoms with Crippen molar-refractivity contribution in [1.29, 1.82) is 0 Å². The fraction of sp³-hybridized carbons (Fsp3) is 0.261. The molecule has 0 unspecified atom stereocenters. The minimum Gasteiger partial charge on any atom is -0.445 e. The van der Waals surface area contributed by atoms with Crippen molar-refractivity contribution in [2.24, 2.45) is 5.73 Å². The number of primary amides is 1. The van der Waals surface area contributed by atoms with E-state index in [9.17, 15) is 19.5 Å². The molecule has 1 heterocycles. The first kappa shape index (κ1) is 22.8. The van der Waals surface area contributed by atoms with E-state index in [0.29, 0.717) is 0 Å². The van der Waals surface area contributed by atoms with Crippen molar-refractivity contribution < 1.29 is 24.2 Å². The summed E-state index contributed by atoms with van der Waals surface area (Å²) in [5.41, 5.74) is 8.04. The van der Waals surface area contributed by atoms with Gasteiger partial charge >= 0.3 is 6.09 Å². The topological polar surface area (TPSA) is 147 Å². The molecule has 6 N–H and O–H groups in total. The number of carbonyl (C=O) groups is 3. The van der Waals surface area contributed by atoms with E-state index in [4.69, 9.17) is 10.5 Å². The van der Waals surface area contributed by atoms with Crippen LogP contribution in [0.1, 0.15) is 17.5 Å². The van der Waals surface area contributed by atoms with Crippen molar-refractivity contribution in [3.8, 4) is 0 Å². The molecule has 0 aliphatic carbocycles. The molecule has 3 rings (SSSR count). The smallest absolute Gasteiger partial charge is 0.407 e. The lowest BCUT2D eigenvalue weighted by atomic mass is 10.0. The first-order valence-corrected chi connectivity index (χ1v) is 10.2. The highest BCUT2D eigenvalue weighted by Gasteiger charge is 2.22. The number of nitrogens with one attached hydrogen (secondary N) is 3. The Bertz CT molecular complexity index is 1070. The van der Waals surface area contributed by atoms with E-state index in [0.717, 1.165) is 22.0 Å². The molecule has 168 valence electrons. The fourth-order valence-electron chi connectivity index (χ4n) is 3.26. The molecule has 0 aliphatic rings. The average Bonchev–Trinajstić information content (AvgIpc) is 3.19. The van der Waals surface area contributed by atoms with Gasteiger partial charge in [-0.2, -0.15) is 0 Å². The van der Waals surface area contributed by atoms with Gasteiger partial charge in [-0.15, -0.1) is 0 Å². The zero-order valence-electron chi connectivity index (χ0n) is 17.4. The standard InChI is InChI=1S/C23H26N4O5/c24-22(30)20(10-16-12-25-19-9-5-4-8-18(16)19)27-21(29)11-17(28)13-26-23(31)32-14-15-6-2-1-3-7-15/h1-9,12,17,20,25,28H,10-11,13-14H2,(H2,24,30)(H,26,31)(H,27,29)/t17-,20+/m1/s1. The molecular weight excluding hydrogens is 412 g/mol. The number of ether oxygens (including phenoxy) is 1. The van der Waals surface area contributed by atoms with Crippen LogP contribution in [0, 0.1) is 0 Å². The average molecular weight is 438 g/mol. The number of aliphatic hydroxyl groups excluding tert-OH is 1. The first-order chi connectivity index (χ1) is 15.4. The Morgan fingerprint density at radius 2 is 1.78 bits per heavy atom. The molecule has 0 spiro atoms. The highest BCUT2D eigenvalue weighted by molar-refractivity contribution is 5.89. The minimum atomic E-state index is -1.15. The van der Waals surface area contributed by atoms with Crippen molar-refractivity contribution in [2.75, 3.05) is 6.54 Å². The third-order valence-electron chi connectivity index (χ3n) is 4.89. The van der Waals surface area contributed by atoms with Crippen molar-refractivity contribution in [2.45, 2.75) is 31.6 Å². The van der Waals surface area contributed by atoms with Crippen LogP contribution in [0.15, 0.2) is 60.8 Å². The van der Waals surface area contributed by atoms with Crippen LogP contribution in [0.4, 0.5) is 4.79 Å². The van der Waals surface area contributed by atoms with Crippen LogP contribution >= 0.6 is 0 Å². The van der Waals surface area contributed by atoms with Crippen LogP contribution in [0.2, 0.25) is 0 Å². The van der Waals surface area contributed by atoms with Crippen LogP contribution in [-0.2, 0) is 27.4 Å². The highest BCUT2D eigenvalue weighted by Crippen LogP contribution is 2.19. The number of carbonyl (C=O) groups excluding carboxylic acids is 3. The molecule has 0 bridgehead atoms. The van der Waals surface area contributed by atoms with Crippen LogP contribution in [-0.4, -0.2) is 46.7 Å². The zero-order chi connectivity index (χ0) is 22.9. The molecule has 9 nitrogen and oxygen atoms in total. The van der Waals surface area contributed by atoms with E-state index in [2.05, 4.69) is 15.6 Å². The number of amides is 3. The van der Waals surface area contributed by atoms with Crippen molar-refractivity contribution >= 4 is 28.8 Å². The van der Waals surface area contributed by atoms with E-state index in [1.54, 1.807) is 6.20 Å². The van der Waals surface area contributed by atoms with E-state index >= 15 is 0 Å². The summed E-state index contributed by atoms with van der Waals surface area (Å²) >= 11 is 0. The van der Waals surface area contributed by atoms with Crippen LogP contribution in [0.25, 0.3) is 10.9 Å². The van der Waals surface area contributed by atoms with Gasteiger partial charge in [0.15, 0.2) is 0 Å². The molecule has 0 fully saturated rings. The van der Waals surface area contributed by atoms with E-state index in [1.165, 1.54) is 0 Å². The summed E-state index contributed by atoms with van der Waals surface area (Å²) in [7, 11) is 0. The number of aliphatic hydroxyl groups is 1. The van der Waals surface area contributed by atoms with Gasteiger partial charge in [0, 0.05) is 30.1 Å². The molecule has 0 aliphatic heterocycles. The Kier molecular flexibility index (Phi) is 7.82. The normalized spacial score (nSPS) is 12.7. The minimum absolute atomic E-state index is 0.0946. The van der Waals surface area contributed by atoms with Crippen molar-refractivity contribution in [1.82, 2.24) is 15.6 Å². The van der Waals surface area contributed by atoms with Gasteiger partial charge in [0.25, 0.3) is 0 Å². The van der Waals surface area contributed by atoms with Crippen LogP contribution < -0.4 is 16.4 Å². The molecule has 32 heavy (non-hydrogen) atoms. The summed E-state index contributed by atoms with van der Waals surface area (Å²) in [4.78, 5) is 39.0. The molecule has 3 aromatic rings. The summed E-state index contributed by atoms with van der Waals surface area (Å²) in [6.45, 7) is -0.0812. The highest BCUT2D eigenvalue weighted by atomic mass is 16.5. The molecule has 2 aromatic carbocycles. The Morgan fingerprint density at radius 3 is 2.53 bits per heavy atom. The maximum atomic E-state index is 12.3. The SMILES string of the molecule is NC(=O)[C@H](Cc1c[nH]c2ccccc12)NC(=O)C[C@@H](O)CNC(=O)OCc1ccccc1. The maximum Gasteiger partial charge on any atom is 0.407 e. The van der Waals surface area contributed by atoms with E-state index in [1.807, 2.05) is 54.6 Å². The third-order valence-corrected chi connectivity index (χ3v) is 4.89. The number of para-hydroxylation sites is 1. The number of H-pyrrole nitrogens is 1. The second-order valence-corrected chi connectivity index (χ2v) is 7.39. The maximum absolute atomic E-state index is 12.3. The van der Waals surface area contributed by atoms with Gasteiger partial charge in [-0.3, -0.25) is 9.59 Å². The lowest BCUT2D eigenvalue weighted by Gasteiger charge is -2.17. The molecule has 1 aromatic heterocycles. The number of rotatable bonds is 10. The van der Waals surface area contributed by atoms with E-state index < -0.39 is 30.1 Å². The van der Waals surface area contributed by atoms with Gasteiger partial charge in [0.05, 0.1) is 12.5 Å². The molecule has 0 saturated carbocycles. The molecule has 9 heteroatoms. The number of benzene rings is 2. The van der Waals surface area contributed by atoms with Gasteiger partial charge in [0.1, 0.15) is 12.6 Å². The number of alkyl carbamates (subject to hydrolysis) is 1. The van der Waals surface area contributed by atoms with Crippen LogP contribution in [0.3, 0.4) is 0 Å². The largest absolute Gasteiger partial charge is 0.445 e. The summed E-state index contributed by atoms with van der Waals surface area (Å²) in [6, 6.07) is 15.8. The van der Waals surface area contributed by atoms with Gasteiger partial charge in [0.2, 0.25) is 11.8 Å². The quantitative estimate of drug-likeness (QED) is 0.324. The molecule has 3 amide bonds. The zero-order valence-corrected chi connectivity index (χ0v) is 17.4. The van der Waals surface area contributed by atoms with E-state index in [-0.39, 0.29) is 26.0 Å². The lowest BCUT2D eigenvalue weighted by Crippen LogP contribution is -2.47. The van der Waals surface area contributed by atoms with Gasteiger partial charge in [-0.25, -0.2) is 4.79 Å². The Morgan fingerprint density at radius 1 is 1.06 bits per heavy atom. The van der Waals surface area contributed by atoms with Crippen molar-refractivity contribution in [3.63, 3.8) is 0 Å². The van der Waals surface area contributed by atoms with Crippen LogP contribution in [0.5, 0.6) is 0 Å². The lowest BCUT2D eigenvalue weighted by molar-refractivity contribution is -0.128. The number of aromatic nitrogens is 1. The van der Waals surface area contributed by atoms with Gasteiger partial charge in [-0.1, -0.05) is 48.5 Å². The monoisotopic (exact) mass is 438 g/mol. The summed E-state index contributed by atoms with van der Waals surface area (Å²) < 4.78 is 5.05. The predicted molar refractivity (Wildman–Crippen MR) is 118 cm³/mol. The van der Waals surface area contributed by atoms with Crippen molar-refractivity contribution in [3.05, 3.63) is 71.9 Å².